The van der Waals surface area contributed by atoms with E-state index in [2.05, 4.69) is 17.5 Å². The van der Waals surface area contributed by atoms with Crippen molar-refractivity contribution in [2.45, 2.75) is 70.4 Å². The first-order valence-corrected chi connectivity index (χ1v) is 10.2. The number of hydrogen-bond donors (Lipinski definition) is 2. The number of amidine groups is 1. The number of nitrogens with zero attached hydrogens (tertiary/aromatic N) is 1. The van der Waals surface area contributed by atoms with Gasteiger partial charge in [0.15, 0.2) is 5.17 Å². The maximum Gasteiger partial charge on any atom is 0.413 e. The van der Waals surface area contributed by atoms with E-state index in [1.807, 2.05) is 20.8 Å². The Morgan fingerprint density at radius 1 is 1.44 bits per heavy atom. The van der Waals surface area contributed by atoms with Crippen LogP contribution in [-0.4, -0.2) is 28.2 Å². The van der Waals surface area contributed by atoms with E-state index in [-0.39, 0.29) is 5.54 Å². The van der Waals surface area contributed by atoms with Crippen LogP contribution in [0.1, 0.15) is 59.3 Å². The van der Waals surface area contributed by atoms with E-state index >= 15 is 0 Å². The Kier molecular flexibility index (Phi) is 5.19. The smallest absolute Gasteiger partial charge is 0.413 e. The molecule has 0 aromatic carbocycles. The van der Waals surface area contributed by atoms with Crippen molar-refractivity contribution in [1.82, 2.24) is 5.32 Å². The van der Waals surface area contributed by atoms with Crippen LogP contribution >= 0.6 is 11.8 Å². The molecule has 1 aliphatic heterocycles. The van der Waals surface area contributed by atoms with Crippen LogP contribution in [0.25, 0.3) is 0 Å². The number of nitrogens with two attached hydrogens (primary N) is 1. The third kappa shape index (κ3) is 4.22. The van der Waals surface area contributed by atoms with E-state index < -0.39 is 11.7 Å². The Bertz CT molecular complexity index is 633. The van der Waals surface area contributed by atoms with Crippen molar-refractivity contribution < 1.29 is 9.53 Å². The number of carbonyl (C=O) groups is 1. The summed E-state index contributed by atoms with van der Waals surface area (Å²) in [5.74, 6) is 1.50. The number of aliphatic imine (C=N–C) groups is 1. The second-order valence-corrected chi connectivity index (χ2v) is 9.14. The minimum absolute atomic E-state index is 0.202. The summed E-state index contributed by atoms with van der Waals surface area (Å²) < 4.78 is 5.38. The summed E-state index contributed by atoms with van der Waals surface area (Å²) in [7, 11) is 0. The molecule has 0 aromatic rings. The molecule has 0 radical (unpaired) electrons. The lowest BCUT2D eigenvalue weighted by Gasteiger charge is -2.46. The Morgan fingerprint density at radius 3 is 2.96 bits per heavy atom. The summed E-state index contributed by atoms with van der Waals surface area (Å²) in [4.78, 5) is 17.2. The van der Waals surface area contributed by atoms with Crippen LogP contribution in [0.5, 0.6) is 0 Å². The Labute approximate surface area is 154 Å². The summed E-state index contributed by atoms with van der Waals surface area (Å²) in [5, 5.41) is 3.54. The molecule has 3 aliphatic rings. The number of allylic oxidation sites excluding steroid dienone is 2. The number of ether oxygens (including phenoxy) is 1. The van der Waals surface area contributed by atoms with Gasteiger partial charge in [-0.05, 0) is 64.0 Å². The molecular formula is C19H29N3O2S. The van der Waals surface area contributed by atoms with Gasteiger partial charge in [0.1, 0.15) is 5.60 Å². The van der Waals surface area contributed by atoms with Gasteiger partial charge in [-0.25, -0.2) is 4.79 Å². The van der Waals surface area contributed by atoms with Crippen LogP contribution in [0.3, 0.4) is 0 Å². The lowest BCUT2D eigenvalue weighted by atomic mass is 9.67. The SMILES string of the molecule is CC(C)(C)OC(=O)NC1=N[C@@]2(C3=CC(N)=CCC3)CCCC[C@H]2CS1. The van der Waals surface area contributed by atoms with Gasteiger partial charge in [0.25, 0.3) is 0 Å². The average Bonchev–Trinajstić information content (AvgIpc) is 2.52. The zero-order valence-electron chi connectivity index (χ0n) is 15.4. The van der Waals surface area contributed by atoms with Crippen LogP contribution < -0.4 is 11.1 Å². The summed E-state index contributed by atoms with van der Waals surface area (Å²) >= 11 is 1.63. The average molecular weight is 364 g/mol. The van der Waals surface area contributed by atoms with E-state index in [0.717, 1.165) is 30.7 Å². The minimum atomic E-state index is -0.514. The molecule has 0 spiro atoms. The van der Waals surface area contributed by atoms with Crippen molar-refractivity contribution in [2.24, 2.45) is 16.6 Å². The van der Waals surface area contributed by atoms with Gasteiger partial charge in [-0.15, -0.1) is 0 Å². The molecule has 0 saturated heterocycles. The molecule has 0 unspecified atom stereocenters. The first-order valence-electron chi connectivity index (χ1n) is 9.18. The van der Waals surface area contributed by atoms with Crippen LogP contribution in [-0.2, 0) is 4.74 Å². The van der Waals surface area contributed by atoms with Gasteiger partial charge in [0, 0.05) is 11.4 Å². The number of alkyl carbamates (subject to hydrolysis) is 1. The highest BCUT2D eigenvalue weighted by atomic mass is 32.2. The van der Waals surface area contributed by atoms with Crippen LogP contribution in [0.2, 0.25) is 0 Å². The summed E-state index contributed by atoms with van der Waals surface area (Å²) in [6.45, 7) is 5.59. The standard InChI is InChI=1S/C19H29N3O2S/c1-18(2,3)24-17(23)21-16-22-19(13-8-6-9-15(20)11-13)10-5-4-7-14(19)12-25-16/h9,11,14H,4-8,10,12,20H2,1-3H3,(H,21,22,23)/t14-,19+/m0/s1. The van der Waals surface area contributed by atoms with Crippen molar-refractivity contribution >= 4 is 23.0 Å². The van der Waals surface area contributed by atoms with Crippen LogP contribution in [0, 0.1) is 5.92 Å². The molecule has 1 fully saturated rings. The number of fused-ring (bicyclic) bond motifs is 1. The van der Waals surface area contributed by atoms with Crippen molar-refractivity contribution in [1.29, 1.82) is 0 Å². The molecule has 3 rings (SSSR count). The normalized spacial score (nSPS) is 29.7. The topological polar surface area (TPSA) is 76.7 Å². The molecule has 1 amide bonds. The molecule has 0 aromatic heterocycles. The van der Waals surface area contributed by atoms with Crippen LogP contribution in [0.4, 0.5) is 4.79 Å². The fourth-order valence-electron chi connectivity index (χ4n) is 4.01. The predicted molar refractivity (Wildman–Crippen MR) is 104 cm³/mol. The third-order valence-electron chi connectivity index (χ3n) is 5.06. The molecule has 6 heteroatoms. The van der Waals surface area contributed by atoms with Crippen molar-refractivity contribution in [2.75, 3.05) is 5.75 Å². The lowest BCUT2D eigenvalue weighted by Crippen LogP contribution is -2.48. The fourth-order valence-corrected chi connectivity index (χ4v) is 5.19. The van der Waals surface area contributed by atoms with E-state index in [9.17, 15) is 4.79 Å². The predicted octanol–water partition coefficient (Wildman–Crippen LogP) is 4.11. The maximum atomic E-state index is 12.1. The number of rotatable bonds is 1. The van der Waals surface area contributed by atoms with Gasteiger partial charge >= 0.3 is 6.09 Å². The highest BCUT2D eigenvalue weighted by Gasteiger charge is 2.46. The van der Waals surface area contributed by atoms with E-state index in [4.69, 9.17) is 15.5 Å². The van der Waals surface area contributed by atoms with E-state index in [0.29, 0.717) is 11.1 Å². The molecule has 2 atom stereocenters. The number of hydrogen-bond acceptors (Lipinski definition) is 5. The first kappa shape index (κ1) is 18.4. The molecule has 25 heavy (non-hydrogen) atoms. The number of thioether (sulfide) groups is 1. The molecule has 0 bridgehead atoms. The summed E-state index contributed by atoms with van der Waals surface area (Å²) in [5.41, 5.74) is 7.54. The summed E-state index contributed by atoms with van der Waals surface area (Å²) in [6, 6.07) is 0. The quantitative estimate of drug-likeness (QED) is 0.735. The zero-order chi connectivity index (χ0) is 18.1. The Morgan fingerprint density at radius 2 is 2.24 bits per heavy atom. The molecule has 1 saturated carbocycles. The molecule has 3 N–H and O–H groups in total. The van der Waals surface area contributed by atoms with Gasteiger partial charge in [0.05, 0.1) is 5.54 Å². The number of carbonyl (C=O) groups excluding carboxylic acids is 1. The molecule has 2 aliphatic carbocycles. The van der Waals surface area contributed by atoms with Crippen LogP contribution in [0.15, 0.2) is 28.4 Å². The summed E-state index contributed by atoms with van der Waals surface area (Å²) in [6.07, 6.45) is 10.4. The van der Waals surface area contributed by atoms with Gasteiger partial charge in [-0.1, -0.05) is 30.7 Å². The second kappa shape index (κ2) is 7.06. The zero-order valence-corrected chi connectivity index (χ0v) is 16.2. The van der Waals surface area contributed by atoms with E-state index in [1.54, 1.807) is 11.8 Å². The maximum absolute atomic E-state index is 12.1. The van der Waals surface area contributed by atoms with Crippen molar-refractivity contribution in [3.8, 4) is 0 Å². The monoisotopic (exact) mass is 363 g/mol. The van der Waals surface area contributed by atoms with Crippen molar-refractivity contribution in [3.63, 3.8) is 0 Å². The van der Waals surface area contributed by atoms with Gasteiger partial charge in [-0.2, -0.15) is 0 Å². The van der Waals surface area contributed by atoms with Gasteiger partial charge in [0.2, 0.25) is 0 Å². The highest BCUT2D eigenvalue weighted by Crippen LogP contribution is 2.48. The van der Waals surface area contributed by atoms with E-state index in [1.165, 1.54) is 24.8 Å². The molecule has 5 nitrogen and oxygen atoms in total. The first-order chi connectivity index (χ1) is 11.8. The largest absolute Gasteiger partial charge is 0.444 e. The lowest BCUT2D eigenvalue weighted by molar-refractivity contribution is 0.0563. The Balaban J connectivity index is 1.86. The highest BCUT2D eigenvalue weighted by molar-refractivity contribution is 8.13. The number of amides is 1. The number of nitrogens with one attached hydrogen (secondary N) is 1. The molecular weight excluding hydrogens is 334 g/mol. The molecule has 1 heterocycles. The van der Waals surface area contributed by atoms with Crippen molar-refractivity contribution in [3.05, 3.63) is 23.4 Å². The van der Waals surface area contributed by atoms with Gasteiger partial charge < -0.3 is 10.5 Å². The third-order valence-corrected chi connectivity index (χ3v) is 6.09. The second-order valence-electron chi connectivity index (χ2n) is 8.13. The Hall–Kier alpha value is -1.43. The van der Waals surface area contributed by atoms with Gasteiger partial charge in [-0.3, -0.25) is 10.3 Å². The fraction of sp³-hybridized carbons (Fsp3) is 0.684. The minimum Gasteiger partial charge on any atom is -0.444 e. The molecule has 138 valence electrons.